The molecule has 2 fully saturated rings. The fraction of sp³-hybridized carbons (Fsp3) is 0.276. The molecule has 0 bridgehead atoms. The molecule has 0 radical (unpaired) electrons. The highest BCUT2D eigenvalue weighted by Crippen LogP contribution is 2.53. The quantitative estimate of drug-likeness (QED) is 0.187. The van der Waals surface area contributed by atoms with Crippen molar-refractivity contribution < 1.29 is 19.4 Å². The number of carbonyl (C=O) groups excluding carboxylic acids is 2. The van der Waals surface area contributed by atoms with Gasteiger partial charge < -0.3 is 14.7 Å². The van der Waals surface area contributed by atoms with Crippen molar-refractivity contribution >= 4 is 68.9 Å². The number of ether oxygens (including phenoxy) is 1. The number of amides is 1. The molecule has 2 atom stereocenters. The zero-order chi connectivity index (χ0) is 25.5. The van der Waals surface area contributed by atoms with Crippen molar-refractivity contribution in [2.24, 2.45) is 0 Å². The third-order valence-corrected chi connectivity index (χ3v) is 8.92. The van der Waals surface area contributed by atoms with Gasteiger partial charge in [0.25, 0.3) is 12.4 Å². The molecular weight excluding hydrogens is 504 g/mol. The number of thiocarbonyl (C=S) groups is 1. The molecule has 3 aromatic carbocycles. The van der Waals surface area contributed by atoms with Gasteiger partial charge in [0.1, 0.15) is 10.9 Å². The Labute approximate surface area is 224 Å². The normalized spacial score (nSPS) is 21.7. The van der Waals surface area contributed by atoms with E-state index in [1.54, 1.807) is 0 Å². The largest absolute Gasteiger partial charge is 0.466 e. The van der Waals surface area contributed by atoms with Gasteiger partial charge in [-0.2, -0.15) is 0 Å². The first kappa shape index (κ1) is 24.2. The van der Waals surface area contributed by atoms with E-state index in [0.717, 1.165) is 34.7 Å². The number of benzene rings is 3. The van der Waals surface area contributed by atoms with Crippen LogP contribution in [0.5, 0.6) is 0 Å². The van der Waals surface area contributed by atoms with Gasteiger partial charge in [-0.05, 0) is 76.7 Å². The van der Waals surface area contributed by atoms with Crippen molar-refractivity contribution in [1.29, 1.82) is 0 Å². The van der Waals surface area contributed by atoms with E-state index in [4.69, 9.17) is 17.0 Å². The molecule has 6 nitrogen and oxygen atoms in total. The molecule has 1 N–H and O–H groups in total. The molecule has 0 spiro atoms. The van der Waals surface area contributed by atoms with Crippen LogP contribution in [0.25, 0.3) is 16.8 Å². The number of thioether (sulfide) groups is 1. The standard InChI is InChI=1S/C29H26N2O4S2/c32-16-19-4-6-21-15-22(8-7-20(21)12-19)31-25-3-1-2-23(25)24-13-18(5-9-26(24)31)14-27-28(34)30(29(36)37-27)10-11-35-17-33/h4-9,12-15,17,23,25,32H,1-3,10-11,16H2. The predicted molar refractivity (Wildman–Crippen MR) is 151 cm³/mol. The van der Waals surface area contributed by atoms with Crippen LogP contribution < -0.4 is 4.90 Å². The maximum atomic E-state index is 12.9. The number of anilines is 2. The summed E-state index contributed by atoms with van der Waals surface area (Å²) in [6.07, 6.45) is 5.42. The minimum atomic E-state index is -0.147. The van der Waals surface area contributed by atoms with Crippen LogP contribution in [0, 0.1) is 0 Å². The SMILES string of the molecule is O=COCCN1C(=O)C(=Cc2ccc3c(c2)C2CCCC2N3c2ccc3cc(CO)ccc3c2)SC1=S. The minimum absolute atomic E-state index is 0.0436. The van der Waals surface area contributed by atoms with Crippen LogP contribution in [0.1, 0.15) is 41.9 Å². The number of carbonyl (C=O) groups is 2. The molecule has 6 rings (SSSR count). The maximum absolute atomic E-state index is 12.9. The van der Waals surface area contributed by atoms with Crippen LogP contribution in [0.3, 0.4) is 0 Å². The molecule has 2 heterocycles. The molecule has 3 aliphatic rings. The summed E-state index contributed by atoms with van der Waals surface area (Å²) in [6.45, 7) is 0.805. The number of fused-ring (bicyclic) bond motifs is 4. The fourth-order valence-electron chi connectivity index (χ4n) is 5.87. The van der Waals surface area contributed by atoms with E-state index < -0.39 is 0 Å². The van der Waals surface area contributed by atoms with E-state index in [1.807, 2.05) is 18.2 Å². The molecule has 3 aromatic rings. The lowest BCUT2D eigenvalue weighted by Gasteiger charge is -2.27. The van der Waals surface area contributed by atoms with Gasteiger partial charge in [-0.1, -0.05) is 54.7 Å². The summed E-state index contributed by atoms with van der Waals surface area (Å²) in [6, 6.07) is 19.6. The van der Waals surface area contributed by atoms with Gasteiger partial charge in [-0.3, -0.25) is 14.5 Å². The Balaban J connectivity index is 1.31. The summed E-state index contributed by atoms with van der Waals surface area (Å²) in [4.78, 5) is 27.9. The highest BCUT2D eigenvalue weighted by Gasteiger charge is 2.42. The van der Waals surface area contributed by atoms with Crippen LogP contribution >= 0.6 is 24.0 Å². The van der Waals surface area contributed by atoms with Gasteiger partial charge in [0.05, 0.1) is 18.1 Å². The van der Waals surface area contributed by atoms with Crippen molar-refractivity contribution in [1.82, 2.24) is 4.90 Å². The van der Waals surface area contributed by atoms with Crippen LogP contribution in [0.2, 0.25) is 0 Å². The van der Waals surface area contributed by atoms with Gasteiger partial charge in [0.2, 0.25) is 0 Å². The molecule has 188 valence electrons. The van der Waals surface area contributed by atoms with Crippen molar-refractivity contribution in [3.8, 4) is 0 Å². The van der Waals surface area contributed by atoms with E-state index in [1.165, 1.54) is 40.0 Å². The third-order valence-electron chi connectivity index (χ3n) is 7.54. The molecule has 37 heavy (non-hydrogen) atoms. The number of hydrogen-bond acceptors (Lipinski definition) is 7. The average molecular weight is 531 g/mol. The minimum Gasteiger partial charge on any atom is -0.466 e. The van der Waals surface area contributed by atoms with E-state index in [2.05, 4.69) is 47.4 Å². The summed E-state index contributed by atoms with van der Waals surface area (Å²) >= 11 is 6.67. The molecule has 2 aliphatic heterocycles. The summed E-state index contributed by atoms with van der Waals surface area (Å²) in [5.74, 6) is 0.316. The van der Waals surface area contributed by atoms with E-state index in [-0.39, 0.29) is 25.7 Å². The lowest BCUT2D eigenvalue weighted by molar-refractivity contribution is -0.130. The molecule has 0 aromatic heterocycles. The molecule has 1 amide bonds. The summed E-state index contributed by atoms with van der Waals surface area (Å²) < 4.78 is 5.22. The number of rotatable bonds is 7. The van der Waals surface area contributed by atoms with Crippen molar-refractivity contribution in [2.45, 2.75) is 37.8 Å². The second-order valence-corrected chi connectivity index (χ2v) is 11.3. The monoisotopic (exact) mass is 530 g/mol. The summed E-state index contributed by atoms with van der Waals surface area (Å²) in [5, 5.41) is 11.8. The average Bonchev–Trinajstić information content (AvgIpc) is 3.57. The number of aliphatic hydroxyl groups excluding tert-OH is 1. The Kier molecular flexibility index (Phi) is 6.48. The van der Waals surface area contributed by atoms with Gasteiger partial charge in [-0.25, -0.2) is 0 Å². The zero-order valence-electron chi connectivity index (χ0n) is 20.1. The first-order chi connectivity index (χ1) is 18.1. The van der Waals surface area contributed by atoms with Gasteiger partial charge >= 0.3 is 0 Å². The van der Waals surface area contributed by atoms with Gasteiger partial charge in [-0.15, -0.1) is 0 Å². The summed E-state index contributed by atoms with van der Waals surface area (Å²) in [7, 11) is 0. The van der Waals surface area contributed by atoms with Crippen LogP contribution in [0.15, 0.2) is 59.5 Å². The highest BCUT2D eigenvalue weighted by molar-refractivity contribution is 8.26. The second-order valence-electron chi connectivity index (χ2n) is 9.62. The van der Waals surface area contributed by atoms with Gasteiger partial charge in [0, 0.05) is 23.3 Å². The topological polar surface area (TPSA) is 70.1 Å². The zero-order valence-corrected chi connectivity index (χ0v) is 21.8. The molecule has 1 saturated carbocycles. The molecule has 8 heteroatoms. The third kappa shape index (κ3) is 4.33. The number of nitrogens with zero attached hydrogens (tertiary/aromatic N) is 2. The van der Waals surface area contributed by atoms with Gasteiger partial charge in [0.15, 0.2) is 0 Å². The molecular formula is C29H26N2O4S2. The van der Waals surface area contributed by atoms with Crippen molar-refractivity contribution in [2.75, 3.05) is 18.1 Å². The Bertz CT molecular complexity index is 1450. The Morgan fingerprint density at radius 2 is 1.92 bits per heavy atom. The smallest absolute Gasteiger partial charge is 0.293 e. The maximum Gasteiger partial charge on any atom is 0.293 e. The molecule has 1 saturated heterocycles. The van der Waals surface area contributed by atoms with Crippen molar-refractivity contribution in [3.63, 3.8) is 0 Å². The van der Waals surface area contributed by atoms with E-state index >= 15 is 0 Å². The van der Waals surface area contributed by atoms with Crippen LogP contribution in [-0.2, 0) is 20.9 Å². The van der Waals surface area contributed by atoms with Crippen LogP contribution in [-0.4, -0.2) is 45.9 Å². The van der Waals surface area contributed by atoms with E-state index in [9.17, 15) is 14.7 Å². The lowest BCUT2D eigenvalue weighted by Crippen LogP contribution is -2.31. The lowest BCUT2D eigenvalue weighted by atomic mass is 9.96. The Hall–Kier alpha value is -3.20. The van der Waals surface area contributed by atoms with E-state index in [0.29, 0.717) is 27.7 Å². The van der Waals surface area contributed by atoms with Crippen molar-refractivity contribution in [3.05, 3.63) is 76.2 Å². The Morgan fingerprint density at radius 1 is 1.08 bits per heavy atom. The molecule has 2 unspecified atom stereocenters. The first-order valence-corrected chi connectivity index (χ1v) is 13.7. The molecule has 1 aliphatic carbocycles. The fourth-order valence-corrected chi connectivity index (χ4v) is 7.18. The predicted octanol–water partition coefficient (Wildman–Crippen LogP) is 5.49. The number of aliphatic hydroxyl groups is 1. The Morgan fingerprint density at radius 3 is 2.76 bits per heavy atom. The van der Waals surface area contributed by atoms with Crippen LogP contribution in [0.4, 0.5) is 11.4 Å². The second kappa shape index (κ2) is 9.93. The summed E-state index contributed by atoms with van der Waals surface area (Å²) in [5.41, 5.74) is 5.66. The first-order valence-electron chi connectivity index (χ1n) is 12.4. The number of hydrogen-bond donors (Lipinski definition) is 1. The highest BCUT2D eigenvalue weighted by atomic mass is 32.2.